The lowest BCUT2D eigenvalue weighted by atomic mass is 9.86. The van der Waals surface area contributed by atoms with Crippen LogP contribution in [0.4, 0.5) is 0 Å². The molecule has 1 aliphatic rings. The molecule has 3 heteroatoms. The summed E-state index contributed by atoms with van der Waals surface area (Å²) in [7, 11) is 0. The molecule has 1 fully saturated rings. The molecule has 3 nitrogen and oxygen atoms in total. The highest BCUT2D eigenvalue weighted by atomic mass is 16.3. The second-order valence-corrected chi connectivity index (χ2v) is 5.06. The van der Waals surface area contributed by atoms with Crippen molar-refractivity contribution in [1.29, 1.82) is 0 Å². The van der Waals surface area contributed by atoms with Gasteiger partial charge in [-0.1, -0.05) is 33.1 Å². The van der Waals surface area contributed by atoms with E-state index in [1.165, 1.54) is 12.5 Å². The summed E-state index contributed by atoms with van der Waals surface area (Å²) in [6.07, 6.45) is 7.53. The zero-order valence-electron chi connectivity index (χ0n) is 10.2. The van der Waals surface area contributed by atoms with Gasteiger partial charge in [0.1, 0.15) is 0 Å². The Balaban J connectivity index is 2.57. The Morgan fingerprint density at radius 3 is 2.44 bits per heavy atom. The molecule has 0 N–H and O–H groups in total. The first-order chi connectivity index (χ1) is 7.63. The van der Waals surface area contributed by atoms with Gasteiger partial charge in [0.25, 0.3) is 0 Å². The Kier molecular flexibility index (Phi) is 5.36. The molecule has 0 radical (unpaired) electrons. The number of nitroso groups, excluding NO2 is 1. The van der Waals surface area contributed by atoms with Crippen LogP contribution in [0.2, 0.25) is 0 Å². The summed E-state index contributed by atoms with van der Waals surface area (Å²) in [6.45, 7) is 4.04. The van der Waals surface area contributed by atoms with E-state index in [1.807, 2.05) is 13.8 Å². The summed E-state index contributed by atoms with van der Waals surface area (Å²) < 4.78 is 0. The fourth-order valence-corrected chi connectivity index (χ4v) is 2.21. The third-order valence-corrected chi connectivity index (χ3v) is 3.05. The van der Waals surface area contributed by atoms with Crippen LogP contribution in [0.15, 0.2) is 16.9 Å². The van der Waals surface area contributed by atoms with E-state index in [4.69, 9.17) is 0 Å². The van der Waals surface area contributed by atoms with Gasteiger partial charge in [0.15, 0.2) is 5.78 Å². The van der Waals surface area contributed by atoms with Crippen molar-refractivity contribution in [3.63, 3.8) is 0 Å². The van der Waals surface area contributed by atoms with Crippen molar-refractivity contribution in [1.82, 2.24) is 0 Å². The first-order valence-electron chi connectivity index (χ1n) is 6.21. The van der Waals surface area contributed by atoms with Crippen molar-refractivity contribution >= 4 is 5.78 Å². The van der Waals surface area contributed by atoms with Crippen molar-refractivity contribution in [2.75, 3.05) is 0 Å². The van der Waals surface area contributed by atoms with Crippen LogP contribution in [-0.2, 0) is 4.79 Å². The minimum Gasteiger partial charge on any atom is -0.294 e. The van der Waals surface area contributed by atoms with Gasteiger partial charge < -0.3 is 0 Å². The highest BCUT2D eigenvalue weighted by molar-refractivity contribution is 5.92. The summed E-state index contributed by atoms with van der Waals surface area (Å²) in [6, 6.07) is 0. The number of nitrogens with zero attached hydrogens (tertiary/aromatic N) is 1. The molecule has 1 saturated carbocycles. The van der Waals surface area contributed by atoms with Crippen LogP contribution in [0.25, 0.3) is 0 Å². The summed E-state index contributed by atoms with van der Waals surface area (Å²) in [5.41, 5.74) is 0.408. The van der Waals surface area contributed by atoms with Crippen molar-refractivity contribution in [2.24, 2.45) is 17.0 Å². The first-order valence-corrected chi connectivity index (χ1v) is 6.21. The van der Waals surface area contributed by atoms with Crippen molar-refractivity contribution in [3.8, 4) is 0 Å². The lowest BCUT2D eigenvalue weighted by molar-refractivity contribution is -0.119. The topological polar surface area (TPSA) is 46.5 Å². The standard InChI is InChI=1S/C13H21NO2/c1-10(2)8-12(14-16)9-13(15)11-6-4-3-5-7-11/h9-11H,3-8H2,1-2H3/b12-9-. The van der Waals surface area contributed by atoms with Crippen LogP contribution >= 0.6 is 0 Å². The molecule has 0 amide bonds. The maximum atomic E-state index is 11.9. The maximum Gasteiger partial charge on any atom is 0.160 e. The SMILES string of the molecule is CC(C)C/C(=C/C(=O)C1CCCCC1)N=O. The number of hydrogen-bond donors (Lipinski definition) is 0. The Labute approximate surface area is 97.3 Å². The van der Waals surface area contributed by atoms with E-state index < -0.39 is 0 Å². The van der Waals surface area contributed by atoms with Gasteiger partial charge in [-0.25, -0.2) is 0 Å². The molecule has 0 atom stereocenters. The third kappa shape index (κ3) is 4.25. The van der Waals surface area contributed by atoms with Gasteiger partial charge in [-0.3, -0.25) is 4.79 Å². The van der Waals surface area contributed by atoms with Gasteiger partial charge in [-0.2, -0.15) is 0 Å². The van der Waals surface area contributed by atoms with Gasteiger partial charge >= 0.3 is 0 Å². The lowest BCUT2D eigenvalue weighted by Crippen LogP contribution is -2.16. The number of ketones is 1. The van der Waals surface area contributed by atoms with E-state index in [1.54, 1.807) is 0 Å². The Hall–Kier alpha value is -0.990. The molecule has 16 heavy (non-hydrogen) atoms. The van der Waals surface area contributed by atoms with Crippen molar-refractivity contribution < 1.29 is 4.79 Å². The normalized spacial score (nSPS) is 18.8. The zero-order valence-corrected chi connectivity index (χ0v) is 10.2. The predicted octanol–water partition coefficient (Wildman–Crippen LogP) is 3.83. The second-order valence-electron chi connectivity index (χ2n) is 5.06. The molecule has 0 saturated heterocycles. The third-order valence-electron chi connectivity index (χ3n) is 3.05. The molecule has 0 aromatic carbocycles. The number of rotatable bonds is 5. The number of hydrogen-bond acceptors (Lipinski definition) is 3. The molecule has 1 rings (SSSR count). The Bertz CT molecular complexity index is 276. The largest absolute Gasteiger partial charge is 0.294 e. The van der Waals surface area contributed by atoms with E-state index in [-0.39, 0.29) is 11.7 Å². The van der Waals surface area contributed by atoms with E-state index >= 15 is 0 Å². The highest BCUT2D eigenvalue weighted by Gasteiger charge is 2.20. The zero-order chi connectivity index (χ0) is 12.0. The molecular weight excluding hydrogens is 202 g/mol. The van der Waals surface area contributed by atoms with Gasteiger partial charge in [0.2, 0.25) is 0 Å². The molecule has 0 aromatic rings. The van der Waals surface area contributed by atoms with Crippen LogP contribution in [0.5, 0.6) is 0 Å². The van der Waals surface area contributed by atoms with Gasteiger partial charge in [-0.15, -0.1) is 4.91 Å². The molecule has 0 bridgehead atoms. The van der Waals surface area contributed by atoms with Crippen molar-refractivity contribution in [2.45, 2.75) is 52.4 Å². The number of carbonyl (C=O) groups is 1. The summed E-state index contributed by atoms with van der Waals surface area (Å²) in [4.78, 5) is 22.5. The van der Waals surface area contributed by atoms with Crippen LogP contribution < -0.4 is 0 Å². The van der Waals surface area contributed by atoms with E-state index in [9.17, 15) is 9.70 Å². The minimum absolute atomic E-state index is 0.106. The number of carbonyl (C=O) groups excluding carboxylic acids is 1. The van der Waals surface area contributed by atoms with Gasteiger partial charge in [-0.05, 0) is 30.4 Å². The fraction of sp³-hybridized carbons (Fsp3) is 0.769. The van der Waals surface area contributed by atoms with Crippen LogP contribution in [0.1, 0.15) is 52.4 Å². The lowest BCUT2D eigenvalue weighted by Gasteiger charge is -2.18. The Morgan fingerprint density at radius 2 is 1.94 bits per heavy atom. The molecule has 0 unspecified atom stereocenters. The Morgan fingerprint density at radius 1 is 1.31 bits per heavy atom. The molecule has 0 aliphatic heterocycles. The fourth-order valence-electron chi connectivity index (χ4n) is 2.21. The maximum absolute atomic E-state index is 11.9. The quantitative estimate of drug-likeness (QED) is 0.525. The molecule has 0 aromatic heterocycles. The van der Waals surface area contributed by atoms with Crippen LogP contribution in [-0.4, -0.2) is 5.78 Å². The summed E-state index contributed by atoms with van der Waals surface area (Å²) >= 11 is 0. The average molecular weight is 223 g/mol. The molecule has 90 valence electrons. The van der Waals surface area contributed by atoms with E-state index in [2.05, 4.69) is 5.18 Å². The molecular formula is C13H21NO2. The summed E-state index contributed by atoms with van der Waals surface area (Å²) in [5.74, 6) is 0.607. The highest BCUT2D eigenvalue weighted by Crippen LogP contribution is 2.25. The molecule has 0 heterocycles. The van der Waals surface area contributed by atoms with E-state index in [0.717, 1.165) is 25.7 Å². The smallest absolute Gasteiger partial charge is 0.160 e. The average Bonchev–Trinajstić information content (AvgIpc) is 2.28. The second kappa shape index (κ2) is 6.56. The minimum atomic E-state index is 0.106. The monoisotopic (exact) mass is 223 g/mol. The summed E-state index contributed by atoms with van der Waals surface area (Å²) in [5, 5.41) is 2.95. The molecule has 0 spiro atoms. The van der Waals surface area contributed by atoms with Gasteiger partial charge in [0, 0.05) is 12.0 Å². The van der Waals surface area contributed by atoms with Crippen LogP contribution in [0.3, 0.4) is 0 Å². The van der Waals surface area contributed by atoms with Gasteiger partial charge in [0.05, 0.1) is 5.70 Å². The molecule has 1 aliphatic carbocycles. The van der Waals surface area contributed by atoms with Crippen molar-refractivity contribution in [3.05, 3.63) is 16.7 Å². The van der Waals surface area contributed by atoms with Crippen LogP contribution in [0, 0.1) is 16.7 Å². The number of allylic oxidation sites excluding steroid dienone is 2. The van der Waals surface area contributed by atoms with E-state index in [0.29, 0.717) is 18.0 Å². The predicted molar refractivity (Wildman–Crippen MR) is 64.9 cm³/mol. The first kappa shape index (κ1) is 13.1.